The van der Waals surface area contributed by atoms with Crippen LogP contribution in [0.25, 0.3) is 6.08 Å². The molecule has 1 N–H and O–H groups in total. The Balaban J connectivity index is 1.51. The molecule has 0 saturated carbocycles. The second-order valence-corrected chi connectivity index (χ2v) is 7.48. The third kappa shape index (κ3) is 4.98. The molecule has 1 unspecified atom stereocenters. The lowest BCUT2D eigenvalue weighted by Crippen LogP contribution is -2.25. The molecule has 1 aliphatic heterocycles. The molecule has 1 heterocycles. The minimum Gasteiger partial charge on any atom is -0.454 e. The number of rotatable bonds is 6. The van der Waals surface area contributed by atoms with Crippen molar-refractivity contribution < 1.29 is 23.8 Å². The van der Waals surface area contributed by atoms with E-state index in [1.807, 2.05) is 38.1 Å². The topological polar surface area (TPSA) is 73.9 Å². The van der Waals surface area contributed by atoms with E-state index in [1.54, 1.807) is 48.5 Å². The van der Waals surface area contributed by atoms with Crippen molar-refractivity contribution in [1.82, 2.24) is 0 Å². The van der Waals surface area contributed by atoms with Crippen LogP contribution in [0.4, 0.5) is 5.69 Å². The van der Waals surface area contributed by atoms with Gasteiger partial charge in [-0.2, -0.15) is 0 Å². The van der Waals surface area contributed by atoms with E-state index in [2.05, 4.69) is 5.32 Å². The smallest absolute Gasteiger partial charge is 0.331 e. The molecule has 0 aliphatic carbocycles. The summed E-state index contributed by atoms with van der Waals surface area (Å²) >= 11 is 0. The van der Waals surface area contributed by atoms with Crippen molar-refractivity contribution in [1.29, 1.82) is 0 Å². The molecule has 6 heteroatoms. The predicted octanol–water partition coefficient (Wildman–Crippen LogP) is 4.97. The van der Waals surface area contributed by atoms with Crippen LogP contribution in [0.1, 0.15) is 28.4 Å². The summed E-state index contributed by atoms with van der Waals surface area (Å²) in [5.41, 5.74) is 3.96. The van der Waals surface area contributed by atoms with Gasteiger partial charge in [-0.15, -0.1) is 0 Å². The average molecular weight is 429 g/mol. The summed E-state index contributed by atoms with van der Waals surface area (Å²) in [6, 6.07) is 20.1. The number of fused-ring (bicyclic) bond motifs is 1. The number of ether oxygens (including phenoxy) is 3. The van der Waals surface area contributed by atoms with Gasteiger partial charge in [-0.25, -0.2) is 4.79 Å². The second-order valence-electron chi connectivity index (χ2n) is 7.48. The highest BCUT2D eigenvalue weighted by Crippen LogP contribution is 2.33. The molecule has 0 fully saturated rings. The highest BCUT2D eigenvalue weighted by molar-refractivity contribution is 5.98. The van der Waals surface area contributed by atoms with Crippen LogP contribution in [0.3, 0.4) is 0 Å². The number of hydrogen-bond acceptors (Lipinski definition) is 5. The summed E-state index contributed by atoms with van der Waals surface area (Å²) < 4.78 is 16.2. The van der Waals surface area contributed by atoms with Crippen molar-refractivity contribution in [3.8, 4) is 11.5 Å². The molecule has 4 rings (SSSR count). The van der Waals surface area contributed by atoms with Gasteiger partial charge in [0.15, 0.2) is 11.5 Å². The van der Waals surface area contributed by atoms with Crippen LogP contribution in [0.15, 0.2) is 72.8 Å². The highest BCUT2D eigenvalue weighted by atomic mass is 16.7. The molecule has 6 nitrogen and oxygen atoms in total. The van der Waals surface area contributed by atoms with Gasteiger partial charge < -0.3 is 19.5 Å². The molecule has 0 spiro atoms. The van der Waals surface area contributed by atoms with E-state index in [-0.39, 0.29) is 6.79 Å². The third-order valence-electron chi connectivity index (χ3n) is 5.03. The van der Waals surface area contributed by atoms with Crippen molar-refractivity contribution >= 4 is 23.6 Å². The maximum absolute atomic E-state index is 13.1. The molecule has 1 aliphatic rings. The Bertz CT molecular complexity index is 1170. The Morgan fingerprint density at radius 1 is 0.969 bits per heavy atom. The number of aryl methyl sites for hydroxylation is 2. The van der Waals surface area contributed by atoms with Gasteiger partial charge >= 0.3 is 5.97 Å². The number of nitrogens with one attached hydrogen (secondary N) is 1. The fraction of sp³-hybridized carbons (Fsp3) is 0.154. The molecule has 1 atom stereocenters. The molecule has 1 amide bonds. The summed E-state index contributed by atoms with van der Waals surface area (Å²) in [5.74, 6) is 0.231. The Morgan fingerprint density at radius 3 is 2.56 bits per heavy atom. The van der Waals surface area contributed by atoms with Crippen LogP contribution in [-0.2, 0) is 14.3 Å². The third-order valence-corrected chi connectivity index (χ3v) is 5.03. The van der Waals surface area contributed by atoms with Crippen molar-refractivity contribution in [2.24, 2.45) is 0 Å². The number of benzene rings is 3. The number of carbonyl (C=O) groups is 2. The first-order valence-corrected chi connectivity index (χ1v) is 10.2. The van der Waals surface area contributed by atoms with Crippen molar-refractivity contribution in [3.05, 3.63) is 95.1 Å². The highest BCUT2D eigenvalue weighted by Gasteiger charge is 2.25. The van der Waals surface area contributed by atoms with E-state index in [0.717, 1.165) is 16.7 Å². The SMILES string of the molecule is Cc1ccc(C)c(NC(=O)C(OC(=O)/C=C/c2ccc3c(c2)OCO3)c2ccccc2)c1. The molecular weight excluding hydrogens is 406 g/mol. The number of amides is 1. The van der Waals surface area contributed by atoms with Crippen LogP contribution in [0.5, 0.6) is 11.5 Å². The van der Waals surface area contributed by atoms with Gasteiger partial charge in [-0.05, 0) is 54.8 Å². The van der Waals surface area contributed by atoms with E-state index in [0.29, 0.717) is 22.7 Å². The maximum Gasteiger partial charge on any atom is 0.331 e. The Labute approximate surface area is 186 Å². The molecule has 0 radical (unpaired) electrons. The van der Waals surface area contributed by atoms with Crippen molar-refractivity contribution in [2.75, 3.05) is 12.1 Å². The lowest BCUT2D eigenvalue weighted by molar-refractivity contribution is -0.149. The van der Waals surface area contributed by atoms with E-state index >= 15 is 0 Å². The van der Waals surface area contributed by atoms with Crippen LogP contribution in [0.2, 0.25) is 0 Å². The molecule has 162 valence electrons. The quantitative estimate of drug-likeness (QED) is 0.442. The molecule has 32 heavy (non-hydrogen) atoms. The first-order valence-electron chi connectivity index (χ1n) is 10.2. The van der Waals surface area contributed by atoms with Crippen molar-refractivity contribution in [2.45, 2.75) is 20.0 Å². The van der Waals surface area contributed by atoms with Crippen LogP contribution in [-0.4, -0.2) is 18.7 Å². The van der Waals surface area contributed by atoms with Gasteiger partial charge in [0.05, 0.1) is 0 Å². The molecule has 0 saturated heterocycles. The molecule has 3 aromatic carbocycles. The standard InChI is InChI=1S/C26H23NO5/c1-17-8-9-18(2)21(14-17)27-26(29)25(20-6-4-3-5-7-20)32-24(28)13-11-19-10-12-22-23(15-19)31-16-30-22/h3-15,25H,16H2,1-2H3,(H,27,29)/b13-11+. The number of hydrogen-bond donors (Lipinski definition) is 1. The summed E-state index contributed by atoms with van der Waals surface area (Å²) in [6.07, 6.45) is 1.80. The van der Waals surface area contributed by atoms with E-state index in [1.165, 1.54) is 6.08 Å². The van der Waals surface area contributed by atoms with E-state index in [4.69, 9.17) is 14.2 Å². The minimum absolute atomic E-state index is 0.179. The lowest BCUT2D eigenvalue weighted by atomic mass is 10.1. The maximum atomic E-state index is 13.1. The minimum atomic E-state index is -1.09. The molecule has 0 aromatic heterocycles. The zero-order valence-electron chi connectivity index (χ0n) is 17.8. The lowest BCUT2D eigenvalue weighted by Gasteiger charge is -2.18. The monoisotopic (exact) mass is 429 g/mol. The summed E-state index contributed by atoms with van der Waals surface area (Å²) in [5, 5.41) is 2.89. The number of carbonyl (C=O) groups excluding carboxylic acids is 2. The van der Waals surface area contributed by atoms with E-state index < -0.39 is 18.0 Å². The second kappa shape index (κ2) is 9.39. The first-order chi connectivity index (χ1) is 15.5. The fourth-order valence-electron chi connectivity index (χ4n) is 3.31. The summed E-state index contributed by atoms with van der Waals surface area (Å²) in [7, 11) is 0. The summed E-state index contributed by atoms with van der Waals surface area (Å²) in [6.45, 7) is 4.04. The summed E-state index contributed by atoms with van der Waals surface area (Å²) in [4.78, 5) is 25.6. The number of esters is 1. The van der Waals surface area contributed by atoms with Crippen LogP contribution < -0.4 is 14.8 Å². The van der Waals surface area contributed by atoms with Crippen LogP contribution in [0, 0.1) is 13.8 Å². The van der Waals surface area contributed by atoms with Crippen molar-refractivity contribution in [3.63, 3.8) is 0 Å². The molecular formula is C26H23NO5. The average Bonchev–Trinajstić information content (AvgIpc) is 3.27. The van der Waals surface area contributed by atoms with Gasteiger partial charge in [0.25, 0.3) is 5.91 Å². The normalized spacial score (nSPS) is 13.1. The first kappa shape index (κ1) is 21.2. The Kier molecular flexibility index (Phi) is 6.22. The Morgan fingerprint density at radius 2 is 1.75 bits per heavy atom. The Hall–Kier alpha value is -4.06. The predicted molar refractivity (Wildman–Crippen MR) is 121 cm³/mol. The molecule has 3 aromatic rings. The van der Waals surface area contributed by atoms with Gasteiger partial charge in [0.1, 0.15) is 0 Å². The fourth-order valence-corrected chi connectivity index (χ4v) is 3.31. The zero-order valence-corrected chi connectivity index (χ0v) is 17.8. The largest absolute Gasteiger partial charge is 0.454 e. The zero-order chi connectivity index (χ0) is 22.5. The number of anilines is 1. The van der Waals surface area contributed by atoms with Gasteiger partial charge in [-0.1, -0.05) is 48.5 Å². The molecule has 0 bridgehead atoms. The van der Waals surface area contributed by atoms with Crippen LogP contribution >= 0.6 is 0 Å². The van der Waals surface area contributed by atoms with Gasteiger partial charge in [0.2, 0.25) is 12.9 Å². The van der Waals surface area contributed by atoms with Gasteiger partial charge in [-0.3, -0.25) is 4.79 Å². The van der Waals surface area contributed by atoms with Gasteiger partial charge in [0, 0.05) is 17.3 Å². The van der Waals surface area contributed by atoms with E-state index in [9.17, 15) is 9.59 Å².